The van der Waals surface area contributed by atoms with Gasteiger partial charge < -0.3 is 15.3 Å². The SMILES string of the molecule is C=CC(O)C(c1cc2ccccc2nc1-c1ccc(F)cc1)C(O)C(C(=O)O)C1CC1. The highest BCUT2D eigenvalue weighted by Crippen LogP contribution is 2.44. The number of benzene rings is 2. The van der Waals surface area contributed by atoms with Crippen molar-refractivity contribution in [3.8, 4) is 11.3 Å². The van der Waals surface area contributed by atoms with Gasteiger partial charge >= 0.3 is 5.97 Å². The molecule has 0 aliphatic heterocycles. The molecule has 6 heteroatoms. The zero-order valence-electron chi connectivity index (χ0n) is 16.9. The molecule has 0 amide bonds. The topological polar surface area (TPSA) is 90.7 Å². The summed E-state index contributed by atoms with van der Waals surface area (Å²) in [5, 5.41) is 32.6. The highest BCUT2D eigenvalue weighted by Gasteiger charge is 2.46. The lowest BCUT2D eigenvalue weighted by molar-refractivity contribution is -0.148. The molecule has 4 rings (SSSR count). The first kappa shape index (κ1) is 21.2. The maximum atomic E-state index is 13.5. The first-order valence-electron chi connectivity index (χ1n) is 10.3. The first-order chi connectivity index (χ1) is 14.9. The molecular formula is C25H24FNO4. The number of carboxylic acid groups (broad SMARTS) is 1. The second-order valence-corrected chi connectivity index (χ2v) is 8.07. The molecule has 4 atom stereocenters. The number of aliphatic hydroxyl groups excluding tert-OH is 2. The molecule has 1 aromatic heterocycles. The van der Waals surface area contributed by atoms with Gasteiger partial charge in [0.1, 0.15) is 5.82 Å². The van der Waals surface area contributed by atoms with Crippen LogP contribution in [0.3, 0.4) is 0 Å². The van der Waals surface area contributed by atoms with Crippen molar-refractivity contribution in [1.82, 2.24) is 4.98 Å². The van der Waals surface area contributed by atoms with Crippen LogP contribution >= 0.6 is 0 Å². The van der Waals surface area contributed by atoms with Crippen LogP contribution in [0, 0.1) is 17.7 Å². The fourth-order valence-corrected chi connectivity index (χ4v) is 4.25. The number of rotatable bonds is 8. The summed E-state index contributed by atoms with van der Waals surface area (Å²) in [4.78, 5) is 16.7. The van der Waals surface area contributed by atoms with Crippen molar-refractivity contribution >= 4 is 16.9 Å². The number of hydrogen-bond donors (Lipinski definition) is 3. The number of aromatic nitrogens is 1. The molecule has 0 saturated heterocycles. The largest absolute Gasteiger partial charge is 0.481 e. The minimum Gasteiger partial charge on any atom is -0.481 e. The van der Waals surface area contributed by atoms with Crippen LogP contribution in [0.15, 0.2) is 67.3 Å². The number of pyridine rings is 1. The lowest BCUT2D eigenvalue weighted by atomic mass is 9.78. The van der Waals surface area contributed by atoms with E-state index in [4.69, 9.17) is 4.98 Å². The molecule has 3 aromatic rings. The number of halogens is 1. The number of aliphatic carboxylic acids is 1. The van der Waals surface area contributed by atoms with Gasteiger partial charge in [0, 0.05) is 16.9 Å². The second-order valence-electron chi connectivity index (χ2n) is 8.07. The van der Waals surface area contributed by atoms with Crippen molar-refractivity contribution in [1.29, 1.82) is 0 Å². The van der Waals surface area contributed by atoms with Gasteiger partial charge in [0.05, 0.1) is 29.3 Å². The molecule has 1 fully saturated rings. The quantitative estimate of drug-likeness (QED) is 0.476. The third kappa shape index (κ3) is 4.22. The Morgan fingerprint density at radius 2 is 1.81 bits per heavy atom. The highest BCUT2D eigenvalue weighted by atomic mass is 19.1. The molecule has 0 radical (unpaired) electrons. The molecule has 2 aromatic carbocycles. The lowest BCUT2D eigenvalue weighted by Crippen LogP contribution is -2.39. The van der Waals surface area contributed by atoms with Crippen molar-refractivity contribution in [2.75, 3.05) is 0 Å². The van der Waals surface area contributed by atoms with Gasteiger partial charge in [-0.05, 0) is 60.7 Å². The average Bonchev–Trinajstić information content (AvgIpc) is 3.58. The molecular weight excluding hydrogens is 397 g/mol. The number of hydrogen-bond acceptors (Lipinski definition) is 4. The predicted molar refractivity (Wildman–Crippen MR) is 116 cm³/mol. The van der Waals surface area contributed by atoms with E-state index in [9.17, 15) is 24.5 Å². The van der Waals surface area contributed by atoms with E-state index in [-0.39, 0.29) is 5.92 Å². The summed E-state index contributed by atoms with van der Waals surface area (Å²) in [5.74, 6) is -3.58. The zero-order chi connectivity index (χ0) is 22.1. The fourth-order valence-electron chi connectivity index (χ4n) is 4.25. The molecule has 3 N–H and O–H groups in total. The number of aliphatic hydroxyl groups is 2. The fraction of sp³-hybridized carbons (Fsp3) is 0.280. The number of nitrogens with zero attached hydrogens (tertiary/aromatic N) is 1. The molecule has 31 heavy (non-hydrogen) atoms. The maximum Gasteiger partial charge on any atom is 0.309 e. The predicted octanol–water partition coefficient (Wildman–Crippen LogP) is 4.14. The van der Waals surface area contributed by atoms with Crippen molar-refractivity contribution in [2.24, 2.45) is 11.8 Å². The molecule has 1 aliphatic rings. The third-order valence-electron chi connectivity index (χ3n) is 5.99. The van der Waals surface area contributed by atoms with Crippen molar-refractivity contribution < 1.29 is 24.5 Å². The smallest absolute Gasteiger partial charge is 0.309 e. The van der Waals surface area contributed by atoms with Crippen molar-refractivity contribution in [3.63, 3.8) is 0 Å². The summed E-state index contributed by atoms with van der Waals surface area (Å²) in [5.41, 5.74) is 2.26. The van der Waals surface area contributed by atoms with E-state index in [0.29, 0.717) is 22.3 Å². The number of carboxylic acids is 1. The van der Waals surface area contributed by atoms with E-state index in [1.807, 2.05) is 30.3 Å². The molecule has 4 unspecified atom stereocenters. The summed E-state index contributed by atoms with van der Waals surface area (Å²) >= 11 is 0. The summed E-state index contributed by atoms with van der Waals surface area (Å²) < 4.78 is 13.5. The average molecular weight is 421 g/mol. The Bertz CT molecular complexity index is 1110. The Labute approximate surface area is 179 Å². The van der Waals surface area contributed by atoms with Crippen LogP contribution in [0.25, 0.3) is 22.2 Å². The number of para-hydroxylation sites is 1. The minimum absolute atomic E-state index is 0.130. The summed E-state index contributed by atoms with van der Waals surface area (Å²) in [6, 6.07) is 15.0. The standard InChI is InChI=1S/C25H24FNO4/c1-2-20(28)22(24(29)21(25(30)31)14-7-8-14)18-13-16-5-3-4-6-19(16)27-23(18)15-9-11-17(26)12-10-15/h2-6,9-14,20-22,24,28-29H,1,7-8H2,(H,30,31). The van der Waals surface area contributed by atoms with E-state index in [1.54, 1.807) is 12.1 Å². The molecule has 1 aliphatic carbocycles. The van der Waals surface area contributed by atoms with E-state index in [0.717, 1.165) is 18.2 Å². The summed E-state index contributed by atoms with van der Waals surface area (Å²) in [6.45, 7) is 3.65. The van der Waals surface area contributed by atoms with E-state index in [2.05, 4.69) is 6.58 Å². The van der Waals surface area contributed by atoms with E-state index < -0.39 is 35.8 Å². The Kier molecular flexibility index (Phi) is 5.85. The first-order valence-corrected chi connectivity index (χ1v) is 10.3. The summed E-state index contributed by atoms with van der Waals surface area (Å²) in [6.07, 6.45) is 0.207. The van der Waals surface area contributed by atoms with Gasteiger partial charge in [-0.15, -0.1) is 6.58 Å². The zero-order valence-corrected chi connectivity index (χ0v) is 16.9. The Morgan fingerprint density at radius 3 is 2.42 bits per heavy atom. The minimum atomic E-state index is -1.35. The molecule has 160 valence electrons. The Hall–Kier alpha value is -3.09. The molecule has 0 spiro atoms. The van der Waals surface area contributed by atoms with Gasteiger partial charge in [-0.2, -0.15) is 0 Å². The van der Waals surface area contributed by atoms with Crippen LogP contribution < -0.4 is 0 Å². The third-order valence-corrected chi connectivity index (χ3v) is 5.99. The van der Waals surface area contributed by atoms with Gasteiger partial charge in [-0.25, -0.2) is 9.37 Å². The van der Waals surface area contributed by atoms with Crippen LogP contribution in [-0.4, -0.2) is 38.5 Å². The van der Waals surface area contributed by atoms with Gasteiger partial charge in [0.25, 0.3) is 0 Å². The highest BCUT2D eigenvalue weighted by molar-refractivity contribution is 5.84. The molecule has 1 saturated carbocycles. The van der Waals surface area contributed by atoms with Gasteiger partial charge in [-0.1, -0.05) is 24.3 Å². The van der Waals surface area contributed by atoms with Gasteiger partial charge in [0.15, 0.2) is 0 Å². The van der Waals surface area contributed by atoms with Gasteiger partial charge in [0.2, 0.25) is 0 Å². The normalized spacial score (nSPS) is 17.6. The number of fused-ring (bicyclic) bond motifs is 1. The molecule has 1 heterocycles. The molecule has 5 nitrogen and oxygen atoms in total. The van der Waals surface area contributed by atoms with Crippen LogP contribution in [0.2, 0.25) is 0 Å². The van der Waals surface area contributed by atoms with Crippen LogP contribution in [0.5, 0.6) is 0 Å². The van der Waals surface area contributed by atoms with E-state index >= 15 is 0 Å². The van der Waals surface area contributed by atoms with Crippen LogP contribution in [0.1, 0.15) is 24.3 Å². The van der Waals surface area contributed by atoms with Gasteiger partial charge in [-0.3, -0.25) is 4.79 Å². The van der Waals surface area contributed by atoms with Crippen molar-refractivity contribution in [3.05, 3.63) is 78.6 Å². The monoisotopic (exact) mass is 421 g/mol. The number of carbonyl (C=O) groups is 1. The lowest BCUT2D eigenvalue weighted by Gasteiger charge is -2.31. The molecule has 0 bridgehead atoms. The Morgan fingerprint density at radius 1 is 1.13 bits per heavy atom. The van der Waals surface area contributed by atoms with Crippen molar-refractivity contribution in [2.45, 2.75) is 31.0 Å². The Balaban J connectivity index is 1.92. The maximum absolute atomic E-state index is 13.5. The van der Waals surface area contributed by atoms with Crippen LogP contribution in [0.4, 0.5) is 4.39 Å². The summed E-state index contributed by atoms with van der Waals surface area (Å²) in [7, 11) is 0. The van der Waals surface area contributed by atoms with E-state index in [1.165, 1.54) is 18.2 Å². The van der Waals surface area contributed by atoms with Crippen LogP contribution in [-0.2, 0) is 4.79 Å². The second kappa shape index (κ2) is 8.57.